The third-order valence-electron chi connectivity index (χ3n) is 15.9. The Kier molecular flexibility index (Phi) is 13.9. The number of aromatic nitrogens is 2. The van der Waals surface area contributed by atoms with E-state index < -0.39 is 17.3 Å². The molecule has 0 unspecified atom stereocenters. The van der Waals surface area contributed by atoms with Crippen molar-refractivity contribution in [2.24, 2.45) is 16.5 Å². The number of carbonyl (C=O) groups excluding carboxylic acids is 1. The second kappa shape index (κ2) is 20.2. The molecule has 2 aliphatic carbocycles. The van der Waals surface area contributed by atoms with Crippen molar-refractivity contribution < 1.29 is 23.8 Å². The second-order valence-electron chi connectivity index (χ2n) is 21.1. The molecule has 13 nitrogen and oxygen atoms in total. The van der Waals surface area contributed by atoms with E-state index in [4.69, 9.17) is 9.47 Å². The van der Waals surface area contributed by atoms with Crippen LogP contribution in [-0.2, 0) is 0 Å². The predicted molar refractivity (Wildman–Crippen MR) is 272 cm³/mol. The van der Waals surface area contributed by atoms with Crippen LogP contribution in [0.15, 0.2) is 83.0 Å². The second-order valence-corrected chi connectivity index (χ2v) is 21.9. The van der Waals surface area contributed by atoms with Crippen LogP contribution in [0.3, 0.4) is 0 Å². The van der Waals surface area contributed by atoms with Gasteiger partial charge in [-0.15, -0.1) is 4.91 Å². The summed E-state index contributed by atoms with van der Waals surface area (Å²) < 4.78 is 30.9. The number of nitroso groups, excluding NO2 is 1. The fraction of sp³-hybridized carbons (Fsp3) is 0.519. The number of aromatic amines is 1. The van der Waals surface area contributed by atoms with Crippen LogP contribution in [0.5, 0.6) is 17.4 Å². The zero-order chi connectivity index (χ0) is 47.7. The number of ether oxygens (including phenoxy) is 2. The number of pyridine rings is 1. The molecular weight excluding hydrogens is 892 g/mol. The fourth-order valence-corrected chi connectivity index (χ4v) is 12.2. The smallest absolute Gasteiger partial charge is 0.265 e. The van der Waals surface area contributed by atoms with Crippen LogP contribution in [0, 0.1) is 22.1 Å². The molecule has 3 aromatic carbocycles. The lowest BCUT2D eigenvalue weighted by molar-refractivity contribution is -0.0493. The molecule has 5 fully saturated rings. The number of benzene rings is 3. The van der Waals surface area contributed by atoms with Crippen molar-refractivity contribution in [3.05, 3.63) is 100 Å². The van der Waals surface area contributed by atoms with E-state index in [0.717, 1.165) is 108 Å². The summed E-state index contributed by atoms with van der Waals surface area (Å²) >= 11 is 1.08. The highest BCUT2D eigenvalue weighted by Crippen LogP contribution is 2.49. The lowest BCUT2D eigenvalue weighted by Crippen LogP contribution is -2.63. The standard InChI is InChI=1S/C54H67FN8O5S/c1-35(2)39-8-4-5-9-40(39)41-10-6-11-47(41)63-33-54(34-63)20-24-62(25-21-54)37-12-14-42(48(28-37)68-49-30-43-44(55)32-57-50(43)58-52(49)67-27-26-61-22-7-23-61)51(64)60-69-38-13-15-45(46(29-38)59-66)56-31-36-16-18-53(3,65)19-17-36/h4-5,8-9,12-15,28-30,32,35-36,41,47,56,65H,6-7,10-11,16-27,31,33-34H2,1-3H3,(H,57,58)(H,60,64)/t36-,41-,47-,53-/m1/s1. The number of aliphatic hydroxyl groups is 1. The minimum absolute atomic E-state index is 0.209. The number of anilines is 2. The van der Waals surface area contributed by atoms with Crippen LogP contribution in [0.4, 0.5) is 21.5 Å². The van der Waals surface area contributed by atoms with Gasteiger partial charge < -0.3 is 29.8 Å². The molecule has 2 atom stereocenters. The summed E-state index contributed by atoms with van der Waals surface area (Å²) in [6.45, 7) is 14.4. The predicted octanol–water partition coefficient (Wildman–Crippen LogP) is 11.1. The van der Waals surface area contributed by atoms with Gasteiger partial charge in [0.05, 0.1) is 22.2 Å². The van der Waals surface area contributed by atoms with Gasteiger partial charge in [0.2, 0.25) is 0 Å². The number of rotatable bonds is 17. The molecule has 0 radical (unpaired) electrons. The maximum absolute atomic E-state index is 15.1. The van der Waals surface area contributed by atoms with E-state index in [1.54, 1.807) is 23.8 Å². The number of hydrogen-bond donors (Lipinski definition) is 4. The monoisotopic (exact) mass is 958 g/mol. The molecule has 5 aliphatic rings. The molecule has 0 bridgehead atoms. The molecule has 1 amide bonds. The van der Waals surface area contributed by atoms with Crippen molar-refractivity contribution >= 4 is 46.0 Å². The molecule has 5 heterocycles. The molecule has 1 spiro atoms. The van der Waals surface area contributed by atoms with Crippen molar-refractivity contribution in [2.45, 2.75) is 113 Å². The quantitative estimate of drug-likeness (QED) is 0.0521. The molecule has 10 rings (SSSR count). The van der Waals surface area contributed by atoms with Gasteiger partial charge in [0.15, 0.2) is 5.75 Å². The highest BCUT2D eigenvalue weighted by Gasteiger charge is 2.49. The van der Waals surface area contributed by atoms with E-state index in [2.05, 4.69) is 78.0 Å². The van der Waals surface area contributed by atoms with Crippen molar-refractivity contribution in [1.82, 2.24) is 24.5 Å². The number of nitrogens with zero attached hydrogens (tertiary/aromatic N) is 5. The number of amides is 1. The summed E-state index contributed by atoms with van der Waals surface area (Å²) in [5.74, 6) is 1.33. The molecule has 69 heavy (non-hydrogen) atoms. The molecule has 4 N–H and O–H groups in total. The summed E-state index contributed by atoms with van der Waals surface area (Å²) in [5.41, 5.74) is 5.17. The number of nitrogens with one attached hydrogen (secondary N) is 3. The maximum Gasteiger partial charge on any atom is 0.265 e. The number of H-pyrrole nitrogens is 1. The van der Waals surface area contributed by atoms with Gasteiger partial charge in [-0.2, -0.15) is 4.98 Å². The molecule has 3 aliphatic heterocycles. The van der Waals surface area contributed by atoms with Crippen LogP contribution in [-0.4, -0.2) is 101 Å². The van der Waals surface area contributed by atoms with Gasteiger partial charge in [-0.25, -0.2) is 4.39 Å². The molecule has 15 heteroatoms. The molecule has 2 aromatic heterocycles. The molecular formula is C54H67FN8O5S. The van der Waals surface area contributed by atoms with Crippen LogP contribution in [0.1, 0.15) is 118 Å². The molecule has 2 saturated carbocycles. The Hall–Kier alpha value is -5.22. The Morgan fingerprint density at radius 2 is 1.77 bits per heavy atom. The summed E-state index contributed by atoms with van der Waals surface area (Å²) in [4.78, 5) is 41.9. The largest absolute Gasteiger partial charge is 0.474 e. The van der Waals surface area contributed by atoms with Crippen LogP contribution in [0.2, 0.25) is 0 Å². The average molecular weight is 959 g/mol. The first-order valence-corrected chi connectivity index (χ1v) is 26.1. The van der Waals surface area contributed by atoms with E-state index >= 15 is 4.39 Å². The molecule has 5 aromatic rings. The lowest BCUT2D eigenvalue weighted by atomic mass is 9.70. The summed E-state index contributed by atoms with van der Waals surface area (Å²) in [5, 5.41) is 17.3. The van der Waals surface area contributed by atoms with Gasteiger partial charge in [-0.1, -0.05) is 44.5 Å². The highest BCUT2D eigenvalue weighted by molar-refractivity contribution is 7.98. The molecule has 3 saturated heterocycles. The zero-order valence-corrected chi connectivity index (χ0v) is 41.1. The first-order valence-electron chi connectivity index (χ1n) is 25.3. The van der Waals surface area contributed by atoms with E-state index in [1.165, 1.54) is 31.0 Å². The Morgan fingerprint density at radius 3 is 2.52 bits per heavy atom. The van der Waals surface area contributed by atoms with Crippen molar-refractivity contribution in [3.63, 3.8) is 0 Å². The Balaban J connectivity index is 0.849. The SMILES string of the molecule is CC(C)c1ccccc1[C@H]1CCC[C@H]1N1CC2(CCN(c3ccc(C(=O)NSc4ccc(NC[C@H]5CC[C@](C)(O)CC5)c(N=O)c4)c(Oc4cc5c(F)c[nH]c5nc4OCCN4CCC4)c3)CC2)C1. The Bertz CT molecular complexity index is 2630. The normalized spacial score (nSPS) is 23.7. The van der Waals surface area contributed by atoms with E-state index in [-0.39, 0.29) is 28.3 Å². The molecule has 366 valence electrons. The van der Waals surface area contributed by atoms with Crippen LogP contribution < -0.4 is 24.4 Å². The topological polar surface area (TPSA) is 148 Å². The van der Waals surface area contributed by atoms with Gasteiger partial charge in [-0.3, -0.25) is 19.3 Å². The van der Waals surface area contributed by atoms with Crippen LogP contribution >= 0.6 is 11.9 Å². The Labute approximate surface area is 409 Å². The van der Waals surface area contributed by atoms with Gasteiger partial charge >= 0.3 is 0 Å². The first kappa shape index (κ1) is 47.5. The highest BCUT2D eigenvalue weighted by atomic mass is 32.2. The van der Waals surface area contributed by atoms with Crippen LogP contribution in [0.25, 0.3) is 11.0 Å². The van der Waals surface area contributed by atoms with Gasteiger partial charge in [0.25, 0.3) is 11.8 Å². The van der Waals surface area contributed by atoms with Crippen molar-refractivity contribution in [3.8, 4) is 17.4 Å². The average Bonchev–Trinajstić information content (AvgIpc) is 3.96. The number of likely N-dealkylation sites (tertiary alicyclic amines) is 2. The first-order chi connectivity index (χ1) is 33.4. The van der Waals surface area contributed by atoms with E-state index in [9.17, 15) is 14.8 Å². The third-order valence-corrected chi connectivity index (χ3v) is 16.7. The number of piperidine rings is 1. The third kappa shape index (κ3) is 10.5. The number of fused-ring (bicyclic) bond motifs is 1. The maximum atomic E-state index is 15.1. The summed E-state index contributed by atoms with van der Waals surface area (Å²) in [6, 6.07) is 22.3. The van der Waals surface area contributed by atoms with Crippen molar-refractivity contribution in [1.29, 1.82) is 0 Å². The van der Waals surface area contributed by atoms with Gasteiger partial charge in [0, 0.05) is 74.2 Å². The van der Waals surface area contributed by atoms with Gasteiger partial charge in [-0.05, 0) is 160 Å². The number of hydrogen-bond acceptors (Lipinski definition) is 12. The number of halogens is 1. The summed E-state index contributed by atoms with van der Waals surface area (Å²) in [7, 11) is 0. The fourth-order valence-electron chi connectivity index (χ4n) is 11.6. The minimum atomic E-state index is -0.612. The lowest BCUT2D eigenvalue weighted by Gasteiger charge is -2.57. The Morgan fingerprint density at radius 1 is 0.971 bits per heavy atom. The van der Waals surface area contributed by atoms with E-state index in [1.807, 2.05) is 31.2 Å². The van der Waals surface area contributed by atoms with E-state index in [0.29, 0.717) is 64.3 Å². The van der Waals surface area contributed by atoms with Gasteiger partial charge in [0.1, 0.15) is 29.5 Å². The minimum Gasteiger partial charge on any atom is -0.474 e. The zero-order valence-electron chi connectivity index (χ0n) is 40.3. The van der Waals surface area contributed by atoms with Crippen molar-refractivity contribution in [2.75, 3.05) is 69.2 Å². The number of carbonyl (C=O) groups is 1. The summed E-state index contributed by atoms with van der Waals surface area (Å²) in [6.07, 6.45) is 11.7.